The maximum absolute atomic E-state index is 13.8. The van der Waals surface area contributed by atoms with E-state index in [9.17, 15) is 9.59 Å². The summed E-state index contributed by atoms with van der Waals surface area (Å²) in [5, 5.41) is 3.06. The fourth-order valence-electron chi connectivity index (χ4n) is 5.18. The van der Waals surface area contributed by atoms with E-state index >= 15 is 0 Å². The number of aromatic nitrogens is 1. The SMILES string of the molecule is O=C(c1ccccc1)c1cc2c(=O)c3cccc(-n4c5ccccc5c5ccccc54)c3oc2cc1S. The molecule has 0 radical (unpaired) electrons. The van der Waals surface area contributed by atoms with Crippen molar-refractivity contribution in [2.45, 2.75) is 4.90 Å². The summed E-state index contributed by atoms with van der Waals surface area (Å²) in [6, 6.07) is 34.3. The van der Waals surface area contributed by atoms with Crippen molar-refractivity contribution in [3.05, 3.63) is 131 Å². The minimum atomic E-state index is -0.189. The molecule has 0 aliphatic heterocycles. The van der Waals surface area contributed by atoms with E-state index in [1.807, 2.05) is 54.6 Å². The summed E-state index contributed by atoms with van der Waals surface area (Å²) >= 11 is 4.59. The number of hydrogen-bond acceptors (Lipinski definition) is 4. The molecule has 0 saturated heterocycles. The van der Waals surface area contributed by atoms with E-state index in [0.717, 1.165) is 27.5 Å². The van der Waals surface area contributed by atoms with Crippen LogP contribution in [0, 0.1) is 0 Å². The molecule has 2 heterocycles. The summed E-state index contributed by atoms with van der Waals surface area (Å²) in [5.41, 5.74) is 4.42. The first-order chi connectivity index (χ1) is 18.1. The standard InChI is InChI=1S/C32H19NO3S/c34-30(19-9-2-1-3-10-19)24-17-23-28(18-29(24)37)36-32-22(31(23)35)13-8-16-27(32)33-25-14-6-4-11-20(25)21-12-5-7-15-26(21)33/h1-18,37H. The number of rotatable bonds is 3. The Bertz CT molecular complexity index is 2030. The van der Waals surface area contributed by atoms with Crippen LogP contribution in [0.1, 0.15) is 15.9 Å². The number of fused-ring (bicyclic) bond motifs is 5. The van der Waals surface area contributed by atoms with Crippen molar-refractivity contribution in [3.63, 3.8) is 0 Å². The molecule has 7 aromatic rings. The lowest BCUT2D eigenvalue weighted by atomic mass is 10.0. The average Bonchev–Trinajstić information content (AvgIpc) is 3.27. The third-order valence-corrected chi connectivity index (χ3v) is 7.27. The lowest BCUT2D eigenvalue weighted by Gasteiger charge is -2.12. The predicted octanol–water partition coefficient (Wildman–Crippen LogP) is 7.56. The first-order valence-corrected chi connectivity index (χ1v) is 12.4. The smallest absolute Gasteiger partial charge is 0.200 e. The van der Waals surface area contributed by atoms with Crippen LogP contribution in [-0.4, -0.2) is 10.4 Å². The Kier molecular flexibility index (Phi) is 4.81. The molecule has 0 aliphatic carbocycles. The second-order valence-electron chi connectivity index (χ2n) is 9.02. The summed E-state index contributed by atoms with van der Waals surface area (Å²) in [4.78, 5) is 27.4. The largest absolute Gasteiger partial charge is 0.454 e. The van der Waals surface area contributed by atoms with E-state index in [0.29, 0.717) is 38.0 Å². The van der Waals surface area contributed by atoms with Gasteiger partial charge in [-0.3, -0.25) is 9.59 Å². The van der Waals surface area contributed by atoms with Crippen LogP contribution in [0.3, 0.4) is 0 Å². The van der Waals surface area contributed by atoms with Crippen molar-refractivity contribution < 1.29 is 9.21 Å². The number of thiol groups is 1. The summed E-state index contributed by atoms with van der Waals surface area (Å²) in [7, 11) is 0. The molecule has 37 heavy (non-hydrogen) atoms. The maximum atomic E-state index is 13.8. The monoisotopic (exact) mass is 497 g/mol. The zero-order chi connectivity index (χ0) is 25.1. The molecule has 7 rings (SSSR count). The highest BCUT2D eigenvalue weighted by atomic mass is 32.1. The van der Waals surface area contributed by atoms with Gasteiger partial charge in [-0.25, -0.2) is 0 Å². The van der Waals surface area contributed by atoms with E-state index in [4.69, 9.17) is 4.42 Å². The molecule has 0 N–H and O–H groups in total. The van der Waals surface area contributed by atoms with Crippen LogP contribution in [0.4, 0.5) is 0 Å². The number of benzene rings is 5. The molecule has 0 unspecified atom stereocenters. The molecular formula is C32H19NO3S. The molecule has 0 fully saturated rings. The van der Waals surface area contributed by atoms with Crippen molar-refractivity contribution in [1.29, 1.82) is 0 Å². The molecule has 5 aromatic carbocycles. The van der Waals surface area contributed by atoms with Gasteiger partial charge in [0.15, 0.2) is 11.4 Å². The van der Waals surface area contributed by atoms with Crippen molar-refractivity contribution >= 4 is 62.2 Å². The maximum Gasteiger partial charge on any atom is 0.200 e. The zero-order valence-electron chi connectivity index (χ0n) is 19.5. The third kappa shape index (κ3) is 3.25. The van der Waals surface area contributed by atoms with Gasteiger partial charge < -0.3 is 8.98 Å². The summed E-state index contributed by atoms with van der Waals surface area (Å²) in [6.45, 7) is 0. The van der Waals surface area contributed by atoms with Gasteiger partial charge in [0, 0.05) is 26.8 Å². The Balaban J connectivity index is 1.52. The van der Waals surface area contributed by atoms with E-state index in [1.165, 1.54) is 0 Å². The summed E-state index contributed by atoms with van der Waals surface area (Å²) < 4.78 is 8.56. The normalized spacial score (nSPS) is 11.6. The molecular weight excluding hydrogens is 478 g/mol. The van der Waals surface area contributed by atoms with Gasteiger partial charge in [-0.15, -0.1) is 12.6 Å². The number of carbonyl (C=O) groups is 1. The van der Waals surface area contributed by atoms with E-state index in [1.54, 1.807) is 30.3 Å². The Morgan fingerprint density at radius 2 is 1.30 bits per heavy atom. The van der Waals surface area contributed by atoms with Crippen LogP contribution in [0.5, 0.6) is 0 Å². The first kappa shape index (κ1) is 21.7. The fraction of sp³-hybridized carbons (Fsp3) is 0. The van der Waals surface area contributed by atoms with Gasteiger partial charge in [0.05, 0.1) is 27.5 Å². The fourth-order valence-corrected chi connectivity index (χ4v) is 5.47. The van der Waals surface area contributed by atoms with E-state index in [-0.39, 0.29) is 11.2 Å². The zero-order valence-corrected chi connectivity index (χ0v) is 20.4. The molecule has 176 valence electrons. The van der Waals surface area contributed by atoms with E-state index < -0.39 is 0 Å². The van der Waals surface area contributed by atoms with Gasteiger partial charge >= 0.3 is 0 Å². The Morgan fingerprint density at radius 3 is 2.00 bits per heavy atom. The molecule has 0 saturated carbocycles. The van der Waals surface area contributed by atoms with Gasteiger partial charge in [0.1, 0.15) is 5.58 Å². The van der Waals surface area contributed by atoms with Crippen LogP contribution in [-0.2, 0) is 0 Å². The van der Waals surface area contributed by atoms with Crippen LogP contribution in [0.2, 0.25) is 0 Å². The first-order valence-electron chi connectivity index (χ1n) is 11.9. The molecule has 0 aliphatic rings. The Hall–Kier alpha value is -4.61. The molecule has 0 spiro atoms. The quantitative estimate of drug-likeness (QED) is 0.156. The van der Waals surface area contributed by atoms with Crippen LogP contribution >= 0.6 is 12.6 Å². The van der Waals surface area contributed by atoms with Crippen LogP contribution in [0.15, 0.2) is 123 Å². The highest BCUT2D eigenvalue weighted by Gasteiger charge is 2.20. The van der Waals surface area contributed by atoms with Gasteiger partial charge in [-0.05, 0) is 36.4 Å². The number of carbonyl (C=O) groups excluding carboxylic acids is 1. The van der Waals surface area contributed by atoms with Gasteiger partial charge in [0.25, 0.3) is 0 Å². The lowest BCUT2D eigenvalue weighted by Crippen LogP contribution is -2.08. The van der Waals surface area contributed by atoms with Gasteiger partial charge in [0.2, 0.25) is 5.43 Å². The van der Waals surface area contributed by atoms with Gasteiger partial charge in [-0.1, -0.05) is 72.8 Å². The van der Waals surface area contributed by atoms with Crippen molar-refractivity contribution in [2.75, 3.05) is 0 Å². The van der Waals surface area contributed by atoms with Crippen LogP contribution < -0.4 is 5.43 Å². The molecule has 2 aromatic heterocycles. The number of para-hydroxylation sites is 3. The minimum absolute atomic E-state index is 0.186. The highest BCUT2D eigenvalue weighted by Crippen LogP contribution is 2.35. The molecule has 4 nitrogen and oxygen atoms in total. The molecule has 5 heteroatoms. The molecule has 0 amide bonds. The minimum Gasteiger partial charge on any atom is -0.454 e. The lowest BCUT2D eigenvalue weighted by molar-refractivity contribution is 0.103. The molecule has 0 bridgehead atoms. The Labute approximate surface area is 216 Å². The number of hydrogen-bond donors (Lipinski definition) is 1. The highest BCUT2D eigenvalue weighted by molar-refractivity contribution is 7.80. The van der Waals surface area contributed by atoms with Crippen molar-refractivity contribution in [1.82, 2.24) is 4.57 Å². The average molecular weight is 498 g/mol. The number of nitrogens with zero attached hydrogens (tertiary/aromatic N) is 1. The van der Waals surface area contributed by atoms with Crippen molar-refractivity contribution in [2.24, 2.45) is 0 Å². The number of ketones is 1. The summed E-state index contributed by atoms with van der Waals surface area (Å²) in [5.74, 6) is -0.189. The van der Waals surface area contributed by atoms with Crippen LogP contribution in [0.25, 0.3) is 49.4 Å². The topological polar surface area (TPSA) is 52.2 Å². The molecule has 0 atom stereocenters. The van der Waals surface area contributed by atoms with Gasteiger partial charge in [-0.2, -0.15) is 0 Å². The third-order valence-electron chi connectivity index (χ3n) is 6.90. The Morgan fingerprint density at radius 1 is 0.676 bits per heavy atom. The summed E-state index contributed by atoms with van der Waals surface area (Å²) in [6.07, 6.45) is 0. The van der Waals surface area contributed by atoms with Crippen molar-refractivity contribution in [3.8, 4) is 5.69 Å². The second kappa shape index (κ2) is 8.22. The predicted molar refractivity (Wildman–Crippen MR) is 151 cm³/mol. The second-order valence-corrected chi connectivity index (χ2v) is 9.50. The van der Waals surface area contributed by atoms with E-state index in [2.05, 4.69) is 41.5 Å².